The number of carboxylic acid groups (broad SMARTS) is 2. The van der Waals surface area contributed by atoms with Crippen LogP contribution in [0.1, 0.15) is 110 Å². The summed E-state index contributed by atoms with van der Waals surface area (Å²) in [6, 6.07) is 1.86. The molecule has 0 saturated heterocycles. The highest BCUT2D eigenvalue weighted by Crippen LogP contribution is 2.79. The molecule has 3 aromatic rings. The largest absolute Gasteiger partial charge is 0.481 e. The Hall–Kier alpha value is -5.92. The number of rotatable bonds is 17. The minimum Gasteiger partial charge on any atom is -0.481 e. The van der Waals surface area contributed by atoms with Gasteiger partial charge in [-0.25, -0.2) is 52.7 Å². The maximum Gasteiger partial charge on any atom is 0.311 e. The summed E-state index contributed by atoms with van der Waals surface area (Å²) in [5.41, 5.74) is -10.3. The van der Waals surface area contributed by atoms with Crippen molar-refractivity contribution in [3.8, 4) is 6.07 Å². The number of carbonyl (C=O) groups is 3. The lowest BCUT2D eigenvalue weighted by Crippen LogP contribution is -2.27. The van der Waals surface area contributed by atoms with Gasteiger partial charge in [-0.1, -0.05) is 73.1 Å². The second-order valence-electron chi connectivity index (χ2n) is 21.9. The molecule has 0 heterocycles. The van der Waals surface area contributed by atoms with Crippen LogP contribution in [0, 0.1) is 131 Å². The molecule has 3 saturated carbocycles. The summed E-state index contributed by atoms with van der Waals surface area (Å²) in [5.74, 6) is -23.5. The summed E-state index contributed by atoms with van der Waals surface area (Å²) < 4.78 is 189. The predicted molar refractivity (Wildman–Crippen MR) is 253 cm³/mol. The molecule has 0 bridgehead atoms. The number of halogens is 12. The number of benzene rings is 3. The van der Waals surface area contributed by atoms with Gasteiger partial charge in [-0.05, 0) is 61.2 Å². The van der Waals surface area contributed by atoms with E-state index in [0.29, 0.717) is 0 Å². The first kappa shape index (κ1) is 63.6. The van der Waals surface area contributed by atoms with Crippen molar-refractivity contribution >= 4 is 17.9 Å². The molecular weight excluding hydrogens is 1050 g/mol. The standard InChI is InChI=1S/C19H19F4NO3.C19H22F4O3.C17H20F4O3/c1-9(7-24)5-12-18(2,3)19(12,17(25)26)6-10-13(20)15(22)11(8-27-4)16(23)14(10)21;1-9(2)6-12-13(19(12,3)4)18(24)26-8-11-16(22)14(20)10(7-25-5)15(21)17(11)23;1-15(2)16(3,4)17(15,14(22)23)6-8-10(18)12(20)9(7-24-5)13(21)11(8)19/h5,12H,6,8H2,1-4H3,(H,25,26);6,12-13H,7-8H2,1-5H3;6-7H2,1-5H3,(H,22,23). The number of nitriles is 1. The van der Waals surface area contributed by atoms with E-state index in [1.807, 2.05) is 39.8 Å². The highest BCUT2D eigenvalue weighted by Gasteiger charge is 2.81. The number of esters is 1. The van der Waals surface area contributed by atoms with Gasteiger partial charge in [-0.3, -0.25) is 14.4 Å². The highest BCUT2D eigenvalue weighted by atomic mass is 19.2. The number of hydrogen-bond acceptors (Lipinski definition) is 8. The second kappa shape index (κ2) is 22.8. The third-order valence-corrected chi connectivity index (χ3v) is 16.5. The quantitative estimate of drug-likeness (QED) is 0.0439. The Balaban J connectivity index is 0.000000250. The molecule has 3 aromatic carbocycles. The van der Waals surface area contributed by atoms with Crippen LogP contribution in [0.25, 0.3) is 0 Å². The molecule has 0 aromatic heterocycles. The third kappa shape index (κ3) is 10.7. The van der Waals surface area contributed by atoms with Crippen LogP contribution in [0.2, 0.25) is 0 Å². The molecule has 0 spiro atoms. The lowest BCUT2D eigenvalue weighted by molar-refractivity contribution is -0.148. The highest BCUT2D eigenvalue weighted by molar-refractivity contribution is 5.83. The maximum absolute atomic E-state index is 14.5. The number of carboxylic acids is 2. The zero-order valence-electron chi connectivity index (χ0n) is 44.9. The molecule has 3 fully saturated rings. The van der Waals surface area contributed by atoms with Crippen molar-refractivity contribution in [1.29, 1.82) is 5.26 Å². The van der Waals surface area contributed by atoms with Gasteiger partial charge in [0, 0.05) is 43.9 Å². The Morgan fingerprint density at radius 2 is 0.844 bits per heavy atom. The first-order chi connectivity index (χ1) is 35.4. The predicted octanol–water partition coefficient (Wildman–Crippen LogP) is 12.9. The van der Waals surface area contributed by atoms with Gasteiger partial charge >= 0.3 is 17.9 Å². The van der Waals surface area contributed by atoms with E-state index < -0.39 is 199 Å². The van der Waals surface area contributed by atoms with Crippen LogP contribution < -0.4 is 0 Å². The smallest absolute Gasteiger partial charge is 0.311 e. The summed E-state index contributed by atoms with van der Waals surface area (Å²) in [6.07, 6.45) is 1.96. The molecule has 424 valence electrons. The van der Waals surface area contributed by atoms with Crippen LogP contribution in [-0.2, 0) is 72.6 Å². The van der Waals surface area contributed by atoms with Crippen molar-refractivity contribution in [2.75, 3.05) is 21.3 Å². The van der Waals surface area contributed by atoms with Gasteiger partial charge < -0.3 is 29.2 Å². The van der Waals surface area contributed by atoms with Crippen molar-refractivity contribution in [3.05, 3.63) is 126 Å². The van der Waals surface area contributed by atoms with Crippen molar-refractivity contribution in [1.82, 2.24) is 0 Å². The van der Waals surface area contributed by atoms with E-state index in [1.165, 1.54) is 13.0 Å². The van der Waals surface area contributed by atoms with Gasteiger partial charge in [-0.2, -0.15) is 5.26 Å². The summed E-state index contributed by atoms with van der Waals surface area (Å²) in [5, 5.41) is 28.3. The Morgan fingerprint density at radius 3 is 1.13 bits per heavy atom. The zero-order valence-corrected chi connectivity index (χ0v) is 44.9. The molecule has 2 N–H and O–H groups in total. The number of ether oxygens (including phenoxy) is 4. The van der Waals surface area contributed by atoms with E-state index in [9.17, 15) is 77.3 Å². The SMILES string of the molecule is COCc1c(F)c(F)c(CC2(C(=O)O)C(C)(C)C2(C)C)c(F)c1F.COCc1c(F)c(F)c(CC2(C(=O)O)C(C=C(C)C#N)C2(C)C)c(F)c1F.COCc1c(F)c(F)c(COC(=O)C2C(C=C(C)C)C2(C)C)c(F)c1F. The van der Waals surface area contributed by atoms with E-state index in [2.05, 4.69) is 14.2 Å². The summed E-state index contributed by atoms with van der Waals surface area (Å²) in [7, 11) is 3.39. The van der Waals surface area contributed by atoms with Crippen molar-refractivity contribution in [2.24, 2.45) is 50.2 Å². The molecule has 4 unspecified atom stereocenters. The van der Waals surface area contributed by atoms with Crippen LogP contribution in [0.5, 0.6) is 0 Å². The summed E-state index contributed by atoms with van der Waals surface area (Å²) in [6.45, 7) is 16.0. The van der Waals surface area contributed by atoms with E-state index in [0.717, 1.165) is 26.9 Å². The average Bonchev–Trinajstić information content (AvgIpc) is 4.16. The number of aliphatic carboxylic acids is 2. The Bertz CT molecular complexity index is 2860. The molecule has 0 radical (unpaired) electrons. The molecule has 77 heavy (non-hydrogen) atoms. The summed E-state index contributed by atoms with van der Waals surface area (Å²) in [4.78, 5) is 36.1. The molecule has 4 atom stereocenters. The van der Waals surface area contributed by atoms with Gasteiger partial charge in [0.25, 0.3) is 0 Å². The monoisotopic (exact) mass is 1110 g/mol. The number of allylic oxidation sites excluding steroid dienone is 4. The zero-order chi connectivity index (χ0) is 59.2. The van der Waals surface area contributed by atoms with Gasteiger partial charge in [0.05, 0.1) is 64.9 Å². The number of hydrogen-bond donors (Lipinski definition) is 2. The van der Waals surface area contributed by atoms with Crippen molar-refractivity contribution in [2.45, 2.75) is 115 Å². The maximum atomic E-state index is 14.5. The molecule has 3 aliphatic carbocycles. The fraction of sp³-hybridized carbons (Fsp3) is 0.527. The van der Waals surface area contributed by atoms with Gasteiger partial charge in [0.15, 0.2) is 69.8 Å². The summed E-state index contributed by atoms with van der Waals surface area (Å²) >= 11 is 0. The van der Waals surface area contributed by atoms with Crippen molar-refractivity contribution in [3.63, 3.8) is 0 Å². The second-order valence-corrected chi connectivity index (χ2v) is 21.9. The van der Waals surface area contributed by atoms with Gasteiger partial charge in [0.2, 0.25) is 0 Å². The van der Waals surface area contributed by atoms with Crippen LogP contribution in [0.15, 0.2) is 23.3 Å². The minimum absolute atomic E-state index is 0.0488. The lowest BCUT2D eigenvalue weighted by Gasteiger charge is -2.19. The fourth-order valence-corrected chi connectivity index (χ4v) is 10.8. The number of methoxy groups -OCH3 is 3. The molecule has 22 heteroatoms. The molecule has 3 aliphatic rings. The van der Waals surface area contributed by atoms with Crippen LogP contribution in [0.4, 0.5) is 52.7 Å². The van der Waals surface area contributed by atoms with E-state index in [1.54, 1.807) is 41.5 Å². The fourth-order valence-electron chi connectivity index (χ4n) is 10.8. The van der Waals surface area contributed by atoms with E-state index >= 15 is 0 Å². The molecule has 0 amide bonds. The van der Waals surface area contributed by atoms with Crippen LogP contribution >= 0.6 is 0 Å². The van der Waals surface area contributed by atoms with Gasteiger partial charge in [0.1, 0.15) is 6.61 Å². The molecular formula is C55H61F12NO9. The molecule has 10 nitrogen and oxygen atoms in total. The van der Waals surface area contributed by atoms with E-state index in [4.69, 9.17) is 10.00 Å². The topological polar surface area (TPSA) is 152 Å². The van der Waals surface area contributed by atoms with Crippen LogP contribution in [0.3, 0.4) is 0 Å². The Morgan fingerprint density at radius 1 is 0.519 bits per heavy atom. The number of nitrogens with zero attached hydrogens (tertiary/aromatic N) is 1. The molecule has 0 aliphatic heterocycles. The average molecular weight is 1110 g/mol. The lowest BCUT2D eigenvalue weighted by atomic mass is 9.86. The first-order valence-electron chi connectivity index (χ1n) is 23.7. The number of carbonyl (C=O) groups excluding carboxylic acids is 1. The molecule has 6 rings (SSSR count). The Labute approximate surface area is 438 Å². The minimum atomic E-state index is -1.70. The van der Waals surface area contributed by atoms with Crippen molar-refractivity contribution < 1.29 is 96.2 Å². The third-order valence-electron chi connectivity index (χ3n) is 16.5. The Kier molecular flexibility index (Phi) is 18.8. The van der Waals surface area contributed by atoms with E-state index in [-0.39, 0.29) is 16.9 Å². The van der Waals surface area contributed by atoms with Crippen LogP contribution in [-0.4, -0.2) is 49.5 Å². The normalized spacial score (nSPS) is 21.6. The first-order valence-corrected chi connectivity index (χ1v) is 23.7. The van der Waals surface area contributed by atoms with Gasteiger partial charge in [-0.15, -0.1) is 0 Å².